The lowest BCUT2D eigenvalue weighted by Crippen LogP contribution is -2.38. The van der Waals surface area contributed by atoms with Gasteiger partial charge >= 0.3 is 6.09 Å². The number of carbonyl (C=O) groups is 2. The summed E-state index contributed by atoms with van der Waals surface area (Å²) in [5, 5.41) is 8.85. The molecule has 2 N–H and O–H groups in total. The van der Waals surface area contributed by atoms with Crippen molar-refractivity contribution in [1.82, 2.24) is 19.7 Å². The first-order valence-electron chi connectivity index (χ1n) is 9.71. The van der Waals surface area contributed by atoms with Gasteiger partial charge in [-0.2, -0.15) is 0 Å². The summed E-state index contributed by atoms with van der Waals surface area (Å²) in [5.41, 5.74) is 2.86. The summed E-state index contributed by atoms with van der Waals surface area (Å²) in [6.45, 7) is 0.941. The molecule has 0 aliphatic rings. The van der Waals surface area contributed by atoms with Crippen molar-refractivity contribution in [2.75, 3.05) is 47.0 Å². The Morgan fingerprint density at radius 3 is 2.58 bits per heavy atom. The lowest BCUT2D eigenvalue weighted by Gasteiger charge is -2.23. The lowest BCUT2D eigenvalue weighted by atomic mass is 10.1. The molecule has 0 unspecified atom stereocenters. The normalized spacial score (nSPS) is 10.2. The molecule has 0 radical (unpaired) electrons. The largest absolute Gasteiger partial charge is 0.447 e. The molecule has 11 heteroatoms. The van der Waals surface area contributed by atoms with Crippen LogP contribution in [0.2, 0.25) is 0 Å². The van der Waals surface area contributed by atoms with E-state index in [-0.39, 0.29) is 25.5 Å². The van der Waals surface area contributed by atoms with E-state index in [9.17, 15) is 14.0 Å². The van der Waals surface area contributed by atoms with Gasteiger partial charge in [-0.05, 0) is 36.2 Å². The van der Waals surface area contributed by atoms with Gasteiger partial charge in [-0.1, -0.05) is 12.1 Å². The second kappa shape index (κ2) is 15.6. The Bertz CT molecular complexity index is 898. The van der Waals surface area contributed by atoms with Gasteiger partial charge in [-0.3, -0.25) is 15.0 Å². The van der Waals surface area contributed by atoms with Crippen LogP contribution >= 0.6 is 11.9 Å². The second-order valence-corrected chi connectivity index (χ2v) is 7.58. The van der Waals surface area contributed by atoms with Crippen LogP contribution in [0.3, 0.4) is 0 Å². The molecule has 0 saturated heterocycles. The first kappa shape index (κ1) is 27.9. The fourth-order valence-electron chi connectivity index (χ4n) is 2.43. The van der Waals surface area contributed by atoms with Crippen LogP contribution in [0.25, 0.3) is 11.3 Å². The Labute approximate surface area is 197 Å². The van der Waals surface area contributed by atoms with E-state index in [1.807, 2.05) is 0 Å². The minimum atomic E-state index is -0.595. The van der Waals surface area contributed by atoms with Crippen LogP contribution in [0.15, 0.2) is 47.5 Å². The summed E-state index contributed by atoms with van der Waals surface area (Å²) in [7, 11) is 3.10. The van der Waals surface area contributed by atoms with Crippen LogP contribution in [-0.4, -0.2) is 78.4 Å². The molecule has 2 aromatic rings. The van der Waals surface area contributed by atoms with Gasteiger partial charge in [0.05, 0.1) is 18.8 Å². The van der Waals surface area contributed by atoms with E-state index in [1.54, 1.807) is 47.3 Å². The summed E-state index contributed by atoms with van der Waals surface area (Å²) >= 11 is 1.24. The molecule has 178 valence electrons. The molecule has 2 rings (SSSR count). The maximum atomic E-state index is 13.4. The van der Waals surface area contributed by atoms with E-state index >= 15 is 0 Å². The van der Waals surface area contributed by atoms with Gasteiger partial charge < -0.3 is 14.4 Å². The van der Waals surface area contributed by atoms with Gasteiger partial charge in [-0.25, -0.2) is 19.0 Å². The first-order chi connectivity index (χ1) is 15.9. The predicted molar refractivity (Wildman–Crippen MR) is 123 cm³/mol. The molecule has 1 heterocycles. The van der Waals surface area contributed by atoms with Crippen molar-refractivity contribution in [2.45, 2.75) is 4.90 Å². The zero-order valence-electron chi connectivity index (χ0n) is 18.4. The average Bonchev–Trinajstić information content (AvgIpc) is 2.84. The zero-order chi connectivity index (χ0) is 24.6. The highest BCUT2D eigenvalue weighted by atomic mass is 32.2. The van der Waals surface area contributed by atoms with Gasteiger partial charge in [-0.15, -0.1) is 12.8 Å². The Morgan fingerprint density at radius 2 is 1.97 bits per heavy atom. The SMILES string of the molecule is C#C.COCCOC(=O)N(C)CCN(CC(=O)NO)Sc1ccc(-c2cccc(F)c2)nc1. The molecule has 1 aromatic heterocycles. The molecular formula is C22H27FN4O5S. The number of hydrogen-bond donors (Lipinski definition) is 2. The van der Waals surface area contributed by atoms with Gasteiger partial charge in [0.15, 0.2) is 0 Å². The highest BCUT2D eigenvalue weighted by Gasteiger charge is 2.16. The van der Waals surface area contributed by atoms with E-state index in [4.69, 9.17) is 14.7 Å². The summed E-state index contributed by atoms with van der Waals surface area (Å²) in [5.74, 6) is -0.939. The second-order valence-electron chi connectivity index (χ2n) is 6.41. The number of hydroxylamine groups is 1. The first-order valence-corrected chi connectivity index (χ1v) is 10.5. The number of benzene rings is 1. The maximum absolute atomic E-state index is 13.4. The topological polar surface area (TPSA) is 104 Å². The Balaban J connectivity index is 0.00000265. The van der Waals surface area contributed by atoms with Crippen molar-refractivity contribution in [3.63, 3.8) is 0 Å². The van der Waals surface area contributed by atoms with Crippen molar-refractivity contribution >= 4 is 23.9 Å². The molecule has 0 spiro atoms. The van der Waals surface area contributed by atoms with Crippen LogP contribution in [0.1, 0.15) is 0 Å². The molecule has 0 atom stereocenters. The molecule has 2 amide bonds. The molecule has 0 aliphatic carbocycles. The van der Waals surface area contributed by atoms with Crippen molar-refractivity contribution in [3.8, 4) is 24.1 Å². The molecule has 33 heavy (non-hydrogen) atoms. The molecule has 0 aliphatic heterocycles. The monoisotopic (exact) mass is 478 g/mol. The third kappa shape index (κ3) is 10.3. The highest BCUT2D eigenvalue weighted by molar-refractivity contribution is 7.97. The van der Waals surface area contributed by atoms with E-state index in [2.05, 4.69) is 17.8 Å². The highest BCUT2D eigenvalue weighted by Crippen LogP contribution is 2.25. The average molecular weight is 479 g/mol. The van der Waals surface area contributed by atoms with Crippen LogP contribution in [0.4, 0.5) is 9.18 Å². The molecule has 0 fully saturated rings. The maximum Gasteiger partial charge on any atom is 0.409 e. The number of nitrogens with zero attached hydrogens (tertiary/aromatic N) is 3. The van der Waals surface area contributed by atoms with Crippen molar-refractivity contribution in [1.29, 1.82) is 0 Å². The minimum absolute atomic E-state index is 0.112. The summed E-state index contributed by atoms with van der Waals surface area (Å²) in [4.78, 5) is 30.0. The number of hydrogen-bond acceptors (Lipinski definition) is 8. The van der Waals surface area contributed by atoms with E-state index < -0.39 is 12.0 Å². The Hall–Kier alpha value is -3.17. The molecule has 0 saturated carbocycles. The predicted octanol–water partition coefficient (Wildman–Crippen LogP) is 2.67. The van der Waals surface area contributed by atoms with Crippen molar-refractivity contribution in [3.05, 3.63) is 48.4 Å². The number of rotatable bonds is 11. The van der Waals surface area contributed by atoms with E-state index in [1.165, 1.54) is 36.1 Å². The molecule has 1 aromatic carbocycles. The minimum Gasteiger partial charge on any atom is -0.447 e. The van der Waals surface area contributed by atoms with Crippen LogP contribution in [0, 0.1) is 18.7 Å². The number of likely N-dealkylation sites (N-methyl/N-ethyl adjacent to an activating group) is 1. The lowest BCUT2D eigenvalue weighted by molar-refractivity contribution is -0.129. The quantitative estimate of drug-likeness (QED) is 0.167. The van der Waals surface area contributed by atoms with E-state index in [0.29, 0.717) is 24.4 Å². The number of aromatic nitrogens is 1. The van der Waals surface area contributed by atoms with Crippen LogP contribution in [-0.2, 0) is 14.3 Å². The smallest absolute Gasteiger partial charge is 0.409 e. The number of nitrogens with one attached hydrogen (secondary N) is 1. The number of carbonyl (C=O) groups excluding carboxylic acids is 2. The van der Waals surface area contributed by atoms with Crippen LogP contribution in [0.5, 0.6) is 0 Å². The standard InChI is InChI=1S/C20H25FN4O5S.C2H2/c1-24(20(27)30-11-10-29-2)8-9-25(14-19(26)23-28)31-17-6-7-18(22-13-17)15-4-3-5-16(21)12-15;1-2/h3-7,12-13,28H,8-11,14H2,1-2H3,(H,23,26);1-2H. The number of halogens is 1. The molecule has 9 nitrogen and oxygen atoms in total. The molecular weight excluding hydrogens is 451 g/mol. The Kier molecular flexibility index (Phi) is 13.2. The third-order valence-corrected chi connectivity index (χ3v) is 5.07. The van der Waals surface area contributed by atoms with Crippen LogP contribution < -0.4 is 5.48 Å². The summed E-state index contributed by atoms with van der Waals surface area (Å²) in [6, 6.07) is 9.68. The van der Waals surface area contributed by atoms with Gasteiger partial charge in [0.25, 0.3) is 5.91 Å². The fourth-order valence-corrected chi connectivity index (χ4v) is 3.31. The summed E-state index contributed by atoms with van der Waals surface area (Å²) in [6.07, 6.45) is 9.10. The number of amides is 2. The number of terminal acetylenes is 1. The van der Waals surface area contributed by atoms with Gasteiger partial charge in [0.1, 0.15) is 12.4 Å². The third-order valence-electron chi connectivity index (χ3n) is 4.05. The van der Waals surface area contributed by atoms with Gasteiger partial charge in [0.2, 0.25) is 0 Å². The Morgan fingerprint density at radius 1 is 1.21 bits per heavy atom. The van der Waals surface area contributed by atoms with E-state index in [0.717, 1.165) is 4.90 Å². The molecule has 0 bridgehead atoms. The number of ether oxygens (including phenoxy) is 2. The zero-order valence-corrected chi connectivity index (χ0v) is 19.3. The number of pyridine rings is 1. The number of methoxy groups -OCH3 is 1. The van der Waals surface area contributed by atoms with Crippen molar-refractivity contribution in [2.24, 2.45) is 0 Å². The fraction of sp³-hybridized carbons (Fsp3) is 0.318. The van der Waals surface area contributed by atoms with Gasteiger partial charge in [0, 0.05) is 43.9 Å². The summed E-state index contributed by atoms with van der Waals surface area (Å²) < 4.78 is 25.0. The van der Waals surface area contributed by atoms with Crippen molar-refractivity contribution < 1.29 is 28.7 Å².